The maximum atomic E-state index is 12.2. The minimum Gasteiger partial charge on any atom is -0.335 e. The summed E-state index contributed by atoms with van der Waals surface area (Å²) in [5.74, 6) is -0.232. The summed E-state index contributed by atoms with van der Waals surface area (Å²) < 4.78 is 22.5. The van der Waals surface area contributed by atoms with E-state index in [0.717, 1.165) is 6.42 Å². The summed E-state index contributed by atoms with van der Waals surface area (Å²) >= 11 is 0. The second-order valence-corrected chi connectivity index (χ2v) is 6.57. The molecule has 4 nitrogen and oxygen atoms in total. The quantitative estimate of drug-likeness (QED) is 0.599. The molecule has 0 saturated carbocycles. The Morgan fingerprint density at radius 1 is 1.47 bits per heavy atom. The molecule has 19 heavy (non-hydrogen) atoms. The SMILES string of the molecule is C=CCN(CCC)C(=O)c1cccc(S(=O)(=O)Cl)c1. The molecule has 0 atom stereocenters. The second-order valence-electron chi connectivity index (χ2n) is 4.01. The van der Waals surface area contributed by atoms with Gasteiger partial charge in [0.1, 0.15) is 0 Å². The minimum atomic E-state index is -3.83. The molecule has 0 spiro atoms. The minimum absolute atomic E-state index is 0.0740. The number of hydrogen-bond donors (Lipinski definition) is 0. The van der Waals surface area contributed by atoms with Gasteiger partial charge in [0.2, 0.25) is 0 Å². The Labute approximate surface area is 118 Å². The summed E-state index contributed by atoms with van der Waals surface area (Å²) in [6.45, 7) is 6.57. The number of benzene rings is 1. The molecule has 0 radical (unpaired) electrons. The van der Waals surface area contributed by atoms with E-state index < -0.39 is 9.05 Å². The zero-order valence-corrected chi connectivity index (χ0v) is 12.2. The number of carbonyl (C=O) groups excluding carboxylic acids is 1. The summed E-state index contributed by atoms with van der Waals surface area (Å²) in [5.41, 5.74) is 0.303. The number of nitrogens with zero attached hydrogens (tertiary/aromatic N) is 1. The fourth-order valence-electron chi connectivity index (χ4n) is 1.66. The molecule has 0 aliphatic rings. The van der Waals surface area contributed by atoms with E-state index in [2.05, 4.69) is 6.58 Å². The van der Waals surface area contributed by atoms with Crippen LogP contribution in [0.1, 0.15) is 23.7 Å². The van der Waals surface area contributed by atoms with E-state index in [1.54, 1.807) is 17.0 Å². The lowest BCUT2D eigenvalue weighted by Crippen LogP contribution is -2.31. The van der Waals surface area contributed by atoms with Gasteiger partial charge >= 0.3 is 0 Å². The highest BCUT2D eigenvalue weighted by Crippen LogP contribution is 2.17. The monoisotopic (exact) mass is 301 g/mol. The summed E-state index contributed by atoms with van der Waals surface area (Å²) in [5, 5.41) is 0. The first-order chi connectivity index (χ1) is 8.90. The van der Waals surface area contributed by atoms with E-state index in [9.17, 15) is 13.2 Å². The van der Waals surface area contributed by atoms with Crippen LogP contribution in [0.5, 0.6) is 0 Å². The predicted molar refractivity (Wildman–Crippen MR) is 75.9 cm³/mol. The average Bonchev–Trinajstić information content (AvgIpc) is 2.37. The maximum Gasteiger partial charge on any atom is 0.261 e. The lowest BCUT2D eigenvalue weighted by molar-refractivity contribution is 0.0773. The molecular formula is C13H16ClNO3S. The van der Waals surface area contributed by atoms with Crippen molar-refractivity contribution in [2.45, 2.75) is 18.2 Å². The Morgan fingerprint density at radius 2 is 2.16 bits per heavy atom. The topological polar surface area (TPSA) is 54.5 Å². The third-order valence-corrected chi connectivity index (χ3v) is 3.84. The Bertz CT molecular complexity index is 569. The van der Waals surface area contributed by atoms with Crippen molar-refractivity contribution in [2.75, 3.05) is 13.1 Å². The molecule has 6 heteroatoms. The van der Waals surface area contributed by atoms with Gasteiger partial charge in [-0.15, -0.1) is 6.58 Å². The first-order valence-electron chi connectivity index (χ1n) is 5.85. The molecule has 0 aromatic heterocycles. The molecule has 0 unspecified atom stereocenters. The van der Waals surface area contributed by atoms with Crippen molar-refractivity contribution in [3.8, 4) is 0 Å². The summed E-state index contributed by atoms with van der Waals surface area (Å²) in [6.07, 6.45) is 2.45. The van der Waals surface area contributed by atoms with E-state index in [1.165, 1.54) is 18.2 Å². The summed E-state index contributed by atoms with van der Waals surface area (Å²) in [6, 6.07) is 5.72. The number of halogens is 1. The molecule has 0 saturated heterocycles. The van der Waals surface area contributed by atoms with Gasteiger partial charge < -0.3 is 4.90 Å². The van der Waals surface area contributed by atoms with Gasteiger partial charge in [0.25, 0.3) is 15.0 Å². The van der Waals surface area contributed by atoms with Crippen LogP contribution in [-0.4, -0.2) is 32.3 Å². The molecule has 0 bridgehead atoms. The zero-order valence-electron chi connectivity index (χ0n) is 10.7. The lowest BCUT2D eigenvalue weighted by Gasteiger charge is -2.20. The second kappa shape index (κ2) is 6.73. The van der Waals surface area contributed by atoms with Gasteiger partial charge in [-0.25, -0.2) is 8.42 Å². The van der Waals surface area contributed by atoms with Crippen LogP contribution in [0, 0.1) is 0 Å². The number of rotatable bonds is 6. The van der Waals surface area contributed by atoms with Crippen molar-refractivity contribution in [2.24, 2.45) is 0 Å². The average molecular weight is 302 g/mol. The van der Waals surface area contributed by atoms with E-state index >= 15 is 0 Å². The van der Waals surface area contributed by atoms with Crippen LogP contribution < -0.4 is 0 Å². The molecule has 0 aliphatic carbocycles. The van der Waals surface area contributed by atoms with Crippen molar-refractivity contribution in [1.82, 2.24) is 4.90 Å². The fourth-order valence-corrected chi connectivity index (χ4v) is 2.46. The molecule has 104 valence electrons. The van der Waals surface area contributed by atoms with Gasteiger partial charge in [-0.2, -0.15) is 0 Å². The Kier molecular flexibility index (Phi) is 5.57. The van der Waals surface area contributed by atoms with Gasteiger partial charge in [0.15, 0.2) is 0 Å². The van der Waals surface area contributed by atoms with E-state index in [4.69, 9.17) is 10.7 Å². The Hall–Kier alpha value is -1.33. The third-order valence-electron chi connectivity index (χ3n) is 2.49. The highest BCUT2D eigenvalue weighted by Gasteiger charge is 2.17. The molecule has 1 amide bonds. The molecular weight excluding hydrogens is 286 g/mol. The third kappa shape index (κ3) is 4.36. The van der Waals surface area contributed by atoms with Crippen LogP contribution in [0.15, 0.2) is 41.8 Å². The van der Waals surface area contributed by atoms with E-state index in [1.807, 2.05) is 6.92 Å². The molecule has 1 rings (SSSR count). The first kappa shape index (κ1) is 15.7. The van der Waals surface area contributed by atoms with Crippen molar-refractivity contribution in [3.05, 3.63) is 42.5 Å². The Morgan fingerprint density at radius 3 is 2.68 bits per heavy atom. The van der Waals surface area contributed by atoms with Crippen molar-refractivity contribution >= 4 is 25.6 Å². The normalized spacial score (nSPS) is 11.1. The van der Waals surface area contributed by atoms with Crippen LogP contribution in [-0.2, 0) is 9.05 Å². The smallest absolute Gasteiger partial charge is 0.261 e. The number of hydrogen-bond acceptors (Lipinski definition) is 3. The van der Waals surface area contributed by atoms with Crippen LogP contribution in [0.4, 0.5) is 0 Å². The fraction of sp³-hybridized carbons (Fsp3) is 0.308. The van der Waals surface area contributed by atoms with Crippen LogP contribution in [0.3, 0.4) is 0 Å². The van der Waals surface area contributed by atoms with Gasteiger partial charge in [-0.3, -0.25) is 4.79 Å². The predicted octanol–water partition coefficient (Wildman–Crippen LogP) is 2.65. The van der Waals surface area contributed by atoms with E-state index in [-0.39, 0.29) is 10.8 Å². The molecule has 0 fully saturated rings. The number of carbonyl (C=O) groups is 1. The maximum absolute atomic E-state index is 12.2. The molecule has 0 aliphatic heterocycles. The standard InChI is InChI=1S/C13H16ClNO3S/c1-3-8-15(9-4-2)13(16)11-6-5-7-12(10-11)19(14,17)18/h3,5-7,10H,1,4,8-9H2,2H3. The Balaban J connectivity index is 3.08. The van der Waals surface area contributed by atoms with Crippen LogP contribution >= 0.6 is 10.7 Å². The highest BCUT2D eigenvalue weighted by molar-refractivity contribution is 8.13. The molecule has 1 aromatic rings. The van der Waals surface area contributed by atoms with Crippen molar-refractivity contribution in [1.29, 1.82) is 0 Å². The lowest BCUT2D eigenvalue weighted by atomic mass is 10.2. The van der Waals surface area contributed by atoms with Gasteiger partial charge in [-0.05, 0) is 24.6 Å². The van der Waals surface area contributed by atoms with Crippen molar-refractivity contribution < 1.29 is 13.2 Å². The number of amides is 1. The molecule has 1 aromatic carbocycles. The molecule has 0 N–H and O–H groups in total. The van der Waals surface area contributed by atoms with E-state index in [0.29, 0.717) is 18.7 Å². The van der Waals surface area contributed by atoms with Crippen molar-refractivity contribution in [3.63, 3.8) is 0 Å². The van der Waals surface area contributed by atoms with Gasteiger partial charge in [0, 0.05) is 29.3 Å². The van der Waals surface area contributed by atoms with Crippen LogP contribution in [0.2, 0.25) is 0 Å². The zero-order chi connectivity index (χ0) is 14.5. The first-order valence-corrected chi connectivity index (χ1v) is 8.16. The van der Waals surface area contributed by atoms with Crippen LogP contribution in [0.25, 0.3) is 0 Å². The summed E-state index contributed by atoms with van der Waals surface area (Å²) in [4.78, 5) is 13.8. The largest absolute Gasteiger partial charge is 0.335 e. The highest BCUT2D eigenvalue weighted by atomic mass is 35.7. The van der Waals surface area contributed by atoms with Gasteiger partial charge in [-0.1, -0.05) is 19.1 Å². The van der Waals surface area contributed by atoms with Gasteiger partial charge in [0.05, 0.1) is 4.90 Å². The summed E-state index contributed by atoms with van der Waals surface area (Å²) in [7, 11) is 1.44. The molecule has 0 heterocycles.